The summed E-state index contributed by atoms with van der Waals surface area (Å²) in [5.74, 6) is -4.75. The van der Waals surface area contributed by atoms with Crippen LogP contribution in [0.2, 0.25) is 0 Å². The zero-order valence-electron chi connectivity index (χ0n) is 17.7. The minimum atomic E-state index is -1.41. The first kappa shape index (κ1) is 26.3. The Morgan fingerprint density at radius 3 is 2.29 bits per heavy atom. The van der Waals surface area contributed by atoms with Gasteiger partial charge in [0.05, 0.1) is 12.6 Å². The number of nitrogens with two attached hydrogens (primary N) is 1. The van der Waals surface area contributed by atoms with Gasteiger partial charge in [-0.3, -0.25) is 19.2 Å². The number of aliphatic hydroxyl groups is 1. The molecule has 1 fully saturated rings. The number of aliphatic carboxylic acids is 2. The first-order chi connectivity index (χ1) is 14.5. The molecular formula is C19H32N4O8. The molecule has 1 rings (SSSR count). The van der Waals surface area contributed by atoms with E-state index in [1.807, 2.05) is 6.92 Å². The average molecular weight is 444 g/mol. The van der Waals surface area contributed by atoms with E-state index in [2.05, 4.69) is 10.6 Å². The van der Waals surface area contributed by atoms with Crippen LogP contribution < -0.4 is 16.4 Å². The third-order valence-corrected chi connectivity index (χ3v) is 5.42. The van der Waals surface area contributed by atoms with Crippen molar-refractivity contribution in [2.24, 2.45) is 11.7 Å². The molecule has 1 aliphatic rings. The average Bonchev–Trinajstić information content (AvgIpc) is 3.22. The van der Waals surface area contributed by atoms with E-state index in [4.69, 9.17) is 10.8 Å². The van der Waals surface area contributed by atoms with Crippen molar-refractivity contribution in [3.63, 3.8) is 0 Å². The van der Waals surface area contributed by atoms with Crippen molar-refractivity contribution in [3.05, 3.63) is 0 Å². The lowest BCUT2D eigenvalue weighted by Crippen LogP contribution is -2.59. The zero-order valence-corrected chi connectivity index (χ0v) is 17.7. The van der Waals surface area contributed by atoms with Gasteiger partial charge in [-0.2, -0.15) is 0 Å². The van der Waals surface area contributed by atoms with E-state index >= 15 is 0 Å². The highest BCUT2D eigenvalue weighted by Gasteiger charge is 2.39. The van der Waals surface area contributed by atoms with Crippen LogP contribution in [0.4, 0.5) is 0 Å². The largest absolute Gasteiger partial charge is 0.481 e. The van der Waals surface area contributed by atoms with Crippen LogP contribution in [0.15, 0.2) is 0 Å². The Bertz CT molecular complexity index is 686. The van der Waals surface area contributed by atoms with Crippen LogP contribution in [0, 0.1) is 5.92 Å². The number of carbonyl (C=O) groups excluding carboxylic acids is 3. The molecule has 176 valence electrons. The van der Waals surface area contributed by atoms with Gasteiger partial charge in [-0.1, -0.05) is 20.3 Å². The summed E-state index contributed by atoms with van der Waals surface area (Å²) in [6, 6.07) is -4.59. The van der Waals surface area contributed by atoms with Gasteiger partial charge in [-0.05, 0) is 25.2 Å². The van der Waals surface area contributed by atoms with Crippen molar-refractivity contribution in [1.82, 2.24) is 15.5 Å². The van der Waals surface area contributed by atoms with Crippen LogP contribution in [0.25, 0.3) is 0 Å². The molecule has 7 N–H and O–H groups in total. The van der Waals surface area contributed by atoms with Gasteiger partial charge in [0.2, 0.25) is 17.7 Å². The molecule has 3 amide bonds. The zero-order chi connectivity index (χ0) is 23.7. The fourth-order valence-corrected chi connectivity index (χ4v) is 3.29. The van der Waals surface area contributed by atoms with E-state index in [1.54, 1.807) is 6.92 Å². The smallest absolute Gasteiger partial charge is 0.326 e. The predicted octanol–water partition coefficient (Wildman–Crippen LogP) is -1.74. The minimum Gasteiger partial charge on any atom is -0.481 e. The summed E-state index contributed by atoms with van der Waals surface area (Å²) in [5, 5.41) is 32.3. The molecule has 0 aliphatic carbocycles. The van der Waals surface area contributed by atoms with E-state index in [-0.39, 0.29) is 25.3 Å². The van der Waals surface area contributed by atoms with Crippen molar-refractivity contribution in [2.45, 2.75) is 70.1 Å². The highest BCUT2D eigenvalue weighted by molar-refractivity contribution is 5.94. The van der Waals surface area contributed by atoms with Crippen LogP contribution in [0.1, 0.15) is 46.0 Å². The normalized spacial score (nSPS) is 19.7. The topological polar surface area (TPSA) is 199 Å². The van der Waals surface area contributed by atoms with Gasteiger partial charge in [-0.15, -0.1) is 0 Å². The lowest BCUT2D eigenvalue weighted by atomic mass is 9.97. The highest BCUT2D eigenvalue weighted by atomic mass is 16.4. The molecule has 1 aliphatic heterocycles. The van der Waals surface area contributed by atoms with Gasteiger partial charge in [-0.25, -0.2) is 4.79 Å². The lowest BCUT2D eigenvalue weighted by molar-refractivity contribution is -0.150. The highest BCUT2D eigenvalue weighted by Crippen LogP contribution is 2.21. The van der Waals surface area contributed by atoms with Crippen molar-refractivity contribution in [3.8, 4) is 0 Å². The number of nitrogens with zero attached hydrogens (tertiary/aromatic N) is 1. The summed E-state index contributed by atoms with van der Waals surface area (Å²) in [5.41, 5.74) is 5.61. The molecule has 0 saturated carbocycles. The Balaban J connectivity index is 2.87. The van der Waals surface area contributed by atoms with Crippen molar-refractivity contribution < 1.29 is 39.3 Å². The maximum atomic E-state index is 13.0. The molecule has 12 heteroatoms. The molecule has 1 heterocycles. The van der Waals surface area contributed by atoms with E-state index in [9.17, 15) is 34.2 Å². The van der Waals surface area contributed by atoms with Gasteiger partial charge in [0.25, 0.3) is 0 Å². The molecule has 1 saturated heterocycles. The van der Waals surface area contributed by atoms with Gasteiger partial charge >= 0.3 is 11.9 Å². The second kappa shape index (κ2) is 12.2. The number of carbonyl (C=O) groups is 5. The van der Waals surface area contributed by atoms with E-state index in [0.29, 0.717) is 19.3 Å². The molecule has 0 aromatic heterocycles. The Morgan fingerprint density at radius 2 is 1.77 bits per heavy atom. The second-order valence-corrected chi connectivity index (χ2v) is 7.68. The number of carboxylic acid groups (broad SMARTS) is 2. The van der Waals surface area contributed by atoms with E-state index < -0.39 is 60.4 Å². The number of likely N-dealkylation sites (tertiary alicyclic amines) is 1. The van der Waals surface area contributed by atoms with Crippen LogP contribution in [-0.4, -0.2) is 87.2 Å². The summed E-state index contributed by atoms with van der Waals surface area (Å²) in [7, 11) is 0. The monoisotopic (exact) mass is 444 g/mol. The SMILES string of the molecule is CCC(C)C(NC(=O)C(CO)NC(=O)C(N)CCC(=O)O)C(=O)N1CCCC1C(=O)O. The van der Waals surface area contributed by atoms with Gasteiger partial charge in [0, 0.05) is 13.0 Å². The standard InChI is InChI=1S/C19H32N4O8/c1-3-10(2)15(18(29)23-8-4-5-13(23)19(30)31)22-17(28)12(9-24)21-16(27)11(20)6-7-14(25)26/h10-13,15,24H,3-9,20H2,1-2H3,(H,21,27)(H,22,28)(H,25,26)(H,30,31). The maximum Gasteiger partial charge on any atom is 0.326 e. The molecule has 0 aromatic carbocycles. The van der Waals surface area contributed by atoms with Crippen LogP contribution >= 0.6 is 0 Å². The molecule has 0 radical (unpaired) electrons. The third-order valence-electron chi connectivity index (χ3n) is 5.42. The minimum absolute atomic E-state index is 0.152. The number of aliphatic hydroxyl groups excluding tert-OH is 1. The molecule has 0 aromatic rings. The predicted molar refractivity (Wildman–Crippen MR) is 108 cm³/mol. The maximum absolute atomic E-state index is 13.0. The molecule has 31 heavy (non-hydrogen) atoms. The number of rotatable bonds is 12. The summed E-state index contributed by atoms with van der Waals surface area (Å²) in [6.07, 6.45) is 0.883. The van der Waals surface area contributed by atoms with Gasteiger partial charge in [0.15, 0.2) is 0 Å². The molecule has 0 bridgehead atoms. The van der Waals surface area contributed by atoms with Crippen LogP contribution in [0.5, 0.6) is 0 Å². The number of carboxylic acids is 2. The summed E-state index contributed by atoms with van der Waals surface area (Å²) < 4.78 is 0. The van der Waals surface area contributed by atoms with Gasteiger partial charge in [0.1, 0.15) is 18.1 Å². The third kappa shape index (κ3) is 7.47. The van der Waals surface area contributed by atoms with Crippen LogP contribution in [0.3, 0.4) is 0 Å². The van der Waals surface area contributed by atoms with Crippen LogP contribution in [-0.2, 0) is 24.0 Å². The summed E-state index contributed by atoms with van der Waals surface area (Å²) >= 11 is 0. The molecule has 0 spiro atoms. The van der Waals surface area contributed by atoms with Crippen molar-refractivity contribution in [2.75, 3.05) is 13.2 Å². The van der Waals surface area contributed by atoms with E-state index in [0.717, 1.165) is 0 Å². The Hall–Kier alpha value is -2.73. The number of hydrogen-bond donors (Lipinski definition) is 6. The summed E-state index contributed by atoms with van der Waals surface area (Å²) in [4.78, 5) is 61.0. The van der Waals surface area contributed by atoms with Crippen molar-refractivity contribution >= 4 is 29.7 Å². The van der Waals surface area contributed by atoms with E-state index in [1.165, 1.54) is 4.90 Å². The summed E-state index contributed by atoms with van der Waals surface area (Å²) in [6.45, 7) is 3.02. The first-order valence-electron chi connectivity index (χ1n) is 10.3. The molecule has 5 unspecified atom stereocenters. The fourth-order valence-electron chi connectivity index (χ4n) is 3.29. The molecule has 12 nitrogen and oxygen atoms in total. The fraction of sp³-hybridized carbons (Fsp3) is 0.737. The quantitative estimate of drug-likeness (QED) is 0.202. The molecule has 5 atom stereocenters. The Labute approximate surface area is 180 Å². The van der Waals surface area contributed by atoms with Gasteiger partial charge < -0.3 is 36.6 Å². The number of hydrogen-bond acceptors (Lipinski definition) is 7. The Morgan fingerprint density at radius 1 is 1.13 bits per heavy atom. The Kier molecular flexibility index (Phi) is 10.4. The van der Waals surface area contributed by atoms with Crippen molar-refractivity contribution in [1.29, 1.82) is 0 Å². The molecular weight excluding hydrogens is 412 g/mol. The number of nitrogens with one attached hydrogen (secondary N) is 2. The lowest BCUT2D eigenvalue weighted by Gasteiger charge is -2.31. The first-order valence-corrected chi connectivity index (χ1v) is 10.3. The second-order valence-electron chi connectivity index (χ2n) is 7.68. The number of amides is 3.